The largest absolute Gasteiger partial charge is 0.372 e. The van der Waals surface area contributed by atoms with Crippen molar-refractivity contribution in [2.75, 3.05) is 23.3 Å². The zero-order valence-electron chi connectivity index (χ0n) is 20.3. The van der Waals surface area contributed by atoms with Crippen molar-refractivity contribution in [2.24, 2.45) is 0 Å². The van der Waals surface area contributed by atoms with Crippen LogP contribution in [0.1, 0.15) is 41.5 Å². The highest BCUT2D eigenvalue weighted by atomic mass is 16.2. The fourth-order valence-electron chi connectivity index (χ4n) is 4.72. The molecule has 0 aliphatic carbocycles. The third-order valence-electron chi connectivity index (χ3n) is 6.91. The lowest BCUT2D eigenvalue weighted by Crippen LogP contribution is -2.32. The number of amides is 2. The zero-order valence-corrected chi connectivity index (χ0v) is 20.3. The van der Waals surface area contributed by atoms with Gasteiger partial charge in [-0.1, -0.05) is 18.2 Å². The third-order valence-corrected chi connectivity index (χ3v) is 6.91. The first-order valence-corrected chi connectivity index (χ1v) is 12.2. The van der Waals surface area contributed by atoms with Crippen LogP contribution in [0.2, 0.25) is 0 Å². The number of nitrogens with zero attached hydrogens (tertiary/aromatic N) is 3. The molecule has 35 heavy (non-hydrogen) atoms. The monoisotopic (exact) mass is 466 g/mol. The number of anilines is 2. The number of carbonyl (C=O) groups excluding carboxylic acids is 2. The highest BCUT2D eigenvalue weighted by Gasteiger charge is 2.39. The summed E-state index contributed by atoms with van der Waals surface area (Å²) in [6, 6.07) is 17.7. The van der Waals surface area contributed by atoms with Gasteiger partial charge >= 0.3 is 0 Å². The van der Waals surface area contributed by atoms with E-state index >= 15 is 0 Å². The number of rotatable bonds is 6. The molecule has 2 aliphatic heterocycles. The van der Waals surface area contributed by atoms with Crippen LogP contribution in [0.5, 0.6) is 0 Å². The maximum Gasteiger partial charge on any atom is 0.278 e. The molecule has 6 heteroatoms. The number of nitrogens with one attached hydrogen (secondary N) is 1. The van der Waals surface area contributed by atoms with E-state index in [1.165, 1.54) is 29.8 Å². The summed E-state index contributed by atoms with van der Waals surface area (Å²) in [5.41, 5.74) is 6.52. The van der Waals surface area contributed by atoms with Gasteiger partial charge in [-0.25, -0.2) is 0 Å². The van der Waals surface area contributed by atoms with Crippen LogP contribution < -0.4 is 10.2 Å². The summed E-state index contributed by atoms with van der Waals surface area (Å²) in [4.78, 5) is 34.8. The highest BCUT2D eigenvalue weighted by Crippen LogP contribution is 2.33. The van der Waals surface area contributed by atoms with E-state index in [1.54, 1.807) is 12.4 Å². The van der Waals surface area contributed by atoms with Gasteiger partial charge in [0.25, 0.3) is 11.8 Å². The fourth-order valence-corrected chi connectivity index (χ4v) is 4.72. The number of imide groups is 1. The predicted octanol–water partition coefficient (Wildman–Crippen LogP) is 5.08. The average molecular weight is 467 g/mol. The number of aryl methyl sites for hydroxylation is 2. The van der Waals surface area contributed by atoms with Gasteiger partial charge in [0.15, 0.2) is 0 Å². The average Bonchev–Trinajstić information content (AvgIpc) is 3.11. The van der Waals surface area contributed by atoms with Crippen molar-refractivity contribution >= 4 is 28.8 Å². The minimum absolute atomic E-state index is 0.202. The van der Waals surface area contributed by atoms with Gasteiger partial charge in [0.2, 0.25) is 0 Å². The number of hydrogen-bond donors (Lipinski definition) is 1. The Balaban J connectivity index is 1.47. The van der Waals surface area contributed by atoms with Gasteiger partial charge in [-0.15, -0.1) is 0 Å². The lowest BCUT2D eigenvalue weighted by Gasteiger charge is -2.28. The number of carbonyl (C=O) groups is 2. The second kappa shape index (κ2) is 9.74. The third kappa shape index (κ3) is 4.69. The first-order valence-electron chi connectivity index (χ1n) is 12.2. The Morgan fingerprint density at radius 1 is 0.829 bits per heavy atom. The van der Waals surface area contributed by atoms with Crippen molar-refractivity contribution in [2.45, 2.75) is 39.7 Å². The number of benzene rings is 2. The number of hydrogen-bond acceptors (Lipinski definition) is 5. The van der Waals surface area contributed by atoms with Crippen molar-refractivity contribution in [1.29, 1.82) is 0 Å². The molecule has 0 spiro atoms. The van der Waals surface area contributed by atoms with Crippen LogP contribution in [0, 0.1) is 13.8 Å². The lowest BCUT2D eigenvalue weighted by molar-refractivity contribution is -0.137. The van der Waals surface area contributed by atoms with Gasteiger partial charge in [0, 0.05) is 36.9 Å². The number of pyridine rings is 1. The van der Waals surface area contributed by atoms with Gasteiger partial charge < -0.3 is 10.2 Å². The van der Waals surface area contributed by atoms with Crippen LogP contribution in [0.15, 0.2) is 72.7 Å². The second-order valence-corrected chi connectivity index (χ2v) is 9.32. The highest BCUT2D eigenvalue weighted by molar-refractivity contribution is 6.36. The summed E-state index contributed by atoms with van der Waals surface area (Å²) in [6.45, 7) is 6.40. The maximum atomic E-state index is 13.6. The Kier molecular flexibility index (Phi) is 6.36. The molecule has 1 fully saturated rings. The predicted molar refractivity (Wildman–Crippen MR) is 139 cm³/mol. The summed E-state index contributed by atoms with van der Waals surface area (Å²) < 4.78 is 0. The minimum Gasteiger partial charge on any atom is -0.372 e. The van der Waals surface area contributed by atoms with E-state index in [2.05, 4.69) is 27.3 Å². The van der Waals surface area contributed by atoms with E-state index in [1.807, 2.05) is 56.3 Å². The van der Waals surface area contributed by atoms with E-state index < -0.39 is 0 Å². The molecule has 3 heterocycles. The first kappa shape index (κ1) is 22.8. The molecule has 2 aliphatic rings. The van der Waals surface area contributed by atoms with Gasteiger partial charge in [-0.05, 0) is 91.8 Å². The summed E-state index contributed by atoms with van der Waals surface area (Å²) in [5.74, 6) is -0.609. The molecule has 0 atom stereocenters. The zero-order chi connectivity index (χ0) is 24.4. The van der Waals surface area contributed by atoms with E-state index in [0.29, 0.717) is 11.3 Å². The van der Waals surface area contributed by atoms with E-state index in [-0.39, 0.29) is 18.4 Å². The Morgan fingerprint density at radius 3 is 2.23 bits per heavy atom. The minimum atomic E-state index is -0.319. The molecule has 5 rings (SSSR count). The van der Waals surface area contributed by atoms with Crippen LogP contribution in [0.3, 0.4) is 0 Å². The van der Waals surface area contributed by atoms with Crippen LogP contribution in [0.4, 0.5) is 11.4 Å². The Labute approximate surface area is 206 Å². The van der Waals surface area contributed by atoms with Crippen molar-refractivity contribution in [1.82, 2.24) is 9.88 Å². The molecule has 6 nitrogen and oxygen atoms in total. The molecule has 178 valence electrons. The molecule has 0 saturated carbocycles. The molecule has 0 unspecified atom stereocenters. The van der Waals surface area contributed by atoms with Crippen LogP contribution in [0.25, 0.3) is 5.57 Å². The Morgan fingerprint density at radius 2 is 1.54 bits per heavy atom. The SMILES string of the molecule is Cc1ccc(C2=C(Nc3ccc(N4CCCCC4)cc3)C(=O)N(Cc3ccncc3)C2=O)cc1C. The van der Waals surface area contributed by atoms with Crippen molar-refractivity contribution in [3.63, 3.8) is 0 Å². The standard InChI is InChI=1S/C29H30N4O2/c1-20-6-7-23(18-21(20)2)26-27(29(35)33(28(26)34)19-22-12-14-30-15-13-22)31-24-8-10-25(11-9-24)32-16-4-3-5-17-32/h6-15,18,31H,3-5,16-17,19H2,1-2H3. The van der Waals surface area contributed by atoms with Crippen LogP contribution in [-0.2, 0) is 16.1 Å². The maximum absolute atomic E-state index is 13.6. The molecule has 1 aromatic heterocycles. The summed E-state index contributed by atoms with van der Waals surface area (Å²) in [7, 11) is 0. The molecular weight excluding hydrogens is 436 g/mol. The lowest BCUT2D eigenvalue weighted by atomic mass is 9.99. The fraction of sp³-hybridized carbons (Fsp3) is 0.276. The molecule has 1 saturated heterocycles. The smallest absolute Gasteiger partial charge is 0.278 e. The first-order chi connectivity index (χ1) is 17.0. The van der Waals surface area contributed by atoms with Crippen LogP contribution >= 0.6 is 0 Å². The quantitative estimate of drug-likeness (QED) is 0.513. The Bertz CT molecular complexity index is 1280. The van der Waals surface area contributed by atoms with E-state index in [4.69, 9.17) is 0 Å². The van der Waals surface area contributed by atoms with E-state index in [9.17, 15) is 9.59 Å². The summed E-state index contributed by atoms with van der Waals surface area (Å²) in [5, 5.41) is 3.29. The van der Waals surface area contributed by atoms with Gasteiger partial charge in [-0.2, -0.15) is 0 Å². The molecule has 2 amide bonds. The van der Waals surface area contributed by atoms with Crippen molar-refractivity contribution < 1.29 is 9.59 Å². The second-order valence-electron chi connectivity index (χ2n) is 9.32. The molecule has 0 bridgehead atoms. The normalized spacial score (nSPS) is 16.3. The van der Waals surface area contributed by atoms with Gasteiger partial charge in [0.1, 0.15) is 5.70 Å². The van der Waals surface area contributed by atoms with Crippen molar-refractivity contribution in [3.05, 3.63) is 94.9 Å². The van der Waals surface area contributed by atoms with Crippen LogP contribution in [-0.4, -0.2) is 34.8 Å². The van der Waals surface area contributed by atoms with Gasteiger partial charge in [0.05, 0.1) is 12.1 Å². The number of aromatic nitrogens is 1. The number of piperidine rings is 1. The van der Waals surface area contributed by atoms with Gasteiger partial charge in [-0.3, -0.25) is 19.5 Å². The molecule has 2 aromatic carbocycles. The molecule has 3 aromatic rings. The summed E-state index contributed by atoms with van der Waals surface area (Å²) in [6.07, 6.45) is 7.06. The molecule has 0 radical (unpaired) electrons. The summed E-state index contributed by atoms with van der Waals surface area (Å²) >= 11 is 0. The topological polar surface area (TPSA) is 65.5 Å². The molecular formula is C29H30N4O2. The van der Waals surface area contributed by atoms with Crippen molar-refractivity contribution in [3.8, 4) is 0 Å². The van der Waals surface area contributed by atoms with E-state index in [0.717, 1.165) is 41.0 Å². The Hall–Kier alpha value is -3.93. The molecule has 1 N–H and O–H groups in total.